The number of aromatic nitrogens is 3. The van der Waals surface area contributed by atoms with Crippen molar-refractivity contribution < 1.29 is 0 Å². The van der Waals surface area contributed by atoms with Crippen molar-refractivity contribution in [2.45, 2.75) is 18.9 Å². The fourth-order valence-corrected chi connectivity index (χ4v) is 2.33. The third-order valence-electron chi connectivity index (χ3n) is 3.17. The average Bonchev–Trinajstić information content (AvgIpc) is 2.94. The van der Waals surface area contributed by atoms with Gasteiger partial charge in [-0.25, -0.2) is 4.98 Å². The highest BCUT2D eigenvalue weighted by Gasteiger charge is 2.25. The lowest BCUT2D eigenvalue weighted by Crippen LogP contribution is -2.36. The number of rotatable bonds is 2. The molecule has 0 aromatic carbocycles. The lowest BCUT2D eigenvalue weighted by atomic mass is 10.2. The predicted molar refractivity (Wildman–Crippen MR) is 70.6 cm³/mol. The van der Waals surface area contributed by atoms with E-state index in [1.54, 1.807) is 6.20 Å². The van der Waals surface area contributed by atoms with Gasteiger partial charge in [-0.2, -0.15) is 4.98 Å². The van der Waals surface area contributed by atoms with Crippen molar-refractivity contribution >= 4 is 29.5 Å². The van der Waals surface area contributed by atoms with Gasteiger partial charge in [-0.05, 0) is 25.0 Å². The molecule has 1 aliphatic rings. The Labute approximate surface area is 106 Å². The summed E-state index contributed by atoms with van der Waals surface area (Å²) in [6.07, 6.45) is 4.10. The number of imidazole rings is 1. The van der Waals surface area contributed by atoms with Gasteiger partial charge in [0.25, 0.3) is 0 Å². The Hall–Kier alpha value is -1.33. The third-order valence-corrected chi connectivity index (χ3v) is 3.17. The second-order valence-electron chi connectivity index (χ2n) is 4.16. The highest BCUT2D eigenvalue weighted by Crippen LogP contribution is 2.23. The topological polar surface area (TPSA) is 70.8 Å². The van der Waals surface area contributed by atoms with E-state index in [9.17, 15) is 0 Å². The number of nitrogens with two attached hydrogens (primary N) is 1. The first-order valence-electron chi connectivity index (χ1n) is 5.66. The maximum Gasteiger partial charge on any atom is 0.205 e. The normalized spacial score (nSPS) is 19.6. The van der Waals surface area contributed by atoms with E-state index in [-0.39, 0.29) is 12.4 Å². The molecule has 0 amide bonds. The van der Waals surface area contributed by atoms with Crippen LogP contribution in [-0.4, -0.2) is 34.1 Å². The largest absolute Gasteiger partial charge is 0.338 e. The van der Waals surface area contributed by atoms with E-state index >= 15 is 0 Å². The van der Waals surface area contributed by atoms with E-state index in [2.05, 4.69) is 19.9 Å². The van der Waals surface area contributed by atoms with Gasteiger partial charge in [0.1, 0.15) is 0 Å². The van der Waals surface area contributed by atoms with E-state index < -0.39 is 0 Å². The fraction of sp³-hybridized carbons (Fsp3) is 0.455. The Morgan fingerprint density at radius 2 is 2.41 bits per heavy atom. The fourth-order valence-electron chi connectivity index (χ4n) is 2.33. The molecule has 0 bridgehead atoms. The van der Waals surface area contributed by atoms with Crippen LogP contribution in [0.5, 0.6) is 0 Å². The Morgan fingerprint density at radius 1 is 1.53 bits per heavy atom. The summed E-state index contributed by atoms with van der Waals surface area (Å²) in [4.78, 5) is 14.3. The highest BCUT2D eigenvalue weighted by molar-refractivity contribution is 5.85. The van der Waals surface area contributed by atoms with Crippen LogP contribution in [0.4, 0.5) is 5.95 Å². The summed E-state index contributed by atoms with van der Waals surface area (Å²) in [7, 11) is 0. The first-order chi connectivity index (χ1) is 7.88. The Morgan fingerprint density at radius 3 is 3.18 bits per heavy atom. The number of pyridine rings is 1. The van der Waals surface area contributed by atoms with Crippen molar-refractivity contribution in [3.63, 3.8) is 0 Å². The summed E-state index contributed by atoms with van der Waals surface area (Å²) >= 11 is 0. The Kier molecular flexibility index (Phi) is 3.49. The summed E-state index contributed by atoms with van der Waals surface area (Å²) < 4.78 is 0. The zero-order valence-corrected chi connectivity index (χ0v) is 10.3. The summed E-state index contributed by atoms with van der Waals surface area (Å²) in [5.74, 6) is 0.904. The van der Waals surface area contributed by atoms with E-state index in [4.69, 9.17) is 5.73 Å². The summed E-state index contributed by atoms with van der Waals surface area (Å²) in [6.45, 7) is 1.71. The van der Waals surface area contributed by atoms with Gasteiger partial charge in [0, 0.05) is 25.3 Å². The van der Waals surface area contributed by atoms with Gasteiger partial charge in [-0.15, -0.1) is 12.4 Å². The van der Waals surface area contributed by atoms with Crippen LogP contribution < -0.4 is 10.6 Å². The molecule has 1 saturated heterocycles. The molecular formula is C11H16ClN5. The number of hydrogen-bond acceptors (Lipinski definition) is 4. The molecular weight excluding hydrogens is 238 g/mol. The molecule has 2 aromatic heterocycles. The second-order valence-corrected chi connectivity index (χ2v) is 4.16. The van der Waals surface area contributed by atoms with Gasteiger partial charge >= 0.3 is 0 Å². The maximum atomic E-state index is 5.76. The Bertz CT molecular complexity index is 464. The van der Waals surface area contributed by atoms with Crippen molar-refractivity contribution in [2.75, 3.05) is 18.0 Å². The van der Waals surface area contributed by atoms with Crippen LogP contribution >= 0.6 is 12.4 Å². The van der Waals surface area contributed by atoms with Crippen LogP contribution in [0.2, 0.25) is 0 Å². The van der Waals surface area contributed by atoms with Crippen molar-refractivity contribution in [1.82, 2.24) is 15.0 Å². The minimum Gasteiger partial charge on any atom is -0.338 e. The van der Waals surface area contributed by atoms with Crippen molar-refractivity contribution in [3.8, 4) is 0 Å². The van der Waals surface area contributed by atoms with Crippen molar-refractivity contribution in [2.24, 2.45) is 5.73 Å². The van der Waals surface area contributed by atoms with E-state index in [1.165, 1.54) is 6.42 Å². The summed E-state index contributed by atoms with van der Waals surface area (Å²) in [5, 5.41) is 0. The number of H-pyrrole nitrogens is 1. The number of fused-ring (bicyclic) bond motifs is 1. The lowest BCUT2D eigenvalue weighted by Gasteiger charge is -2.22. The minimum absolute atomic E-state index is 0. The van der Waals surface area contributed by atoms with Crippen LogP contribution in [-0.2, 0) is 0 Å². The molecule has 0 aliphatic carbocycles. The van der Waals surface area contributed by atoms with Gasteiger partial charge in [0.2, 0.25) is 5.95 Å². The first kappa shape index (κ1) is 12.1. The van der Waals surface area contributed by atoms with Crippen molar-refractivity contribution in [3.05, 3.63) is 18.3 Å². The molecule has 2 aromatic rings. The Balaban J connectivity index is 0.00000108. The van der Waals surface area contributed by atoms with E-state index in [0.29, 0.717) is 12.6 Å². The minimum atomic E-state index is 0. The maximum absolute atomic E-state index is 5.76. The number of hydrogen-bond donors (Lipinski definition) is 2. The molecule has 1 atom stereocenters. The number of nitrogens with one attached hydrogen (secondary N) is 1. The zero-order valence-electron chi connectivity index (χ0n) is 9.47. The van der Waals surface area contributed by atoms with Crippen LogP contribution in [0.15, 0.2) is 18.3 Å². The van der Waals surface area contributed by atoms with E-state index in [0.717, 1.165) is 30.1 Å². The van der Waals surface area contributed by atoms with Crippen LogP contribution in [0.3, 0.4) is 0 Å². The number of nitrogens with zero attached hydrogens (tertiary/aromatic N) is 3. The average molecular weight is 254 g/mol. The van der Waals surface area contributed by atoms with Gasteiger partial charge in [-0.1, -0.05) is 0 Å². The molecule has 1 fully saturated rings. The van der Waals surface area contributed by atoms with Crippen LogP contribution in [0.1, 0.15) is 12.8 Å². The number of anilines is 1. The van der Waals surface area contributed by atoms with Crippen molar-refractivity contribution in [1.29, 1.82) is 0 Å². The molecule has 3 rings (SSSR count). The monoisotopic (exact) mass is 253 g/mol. The van der Waals surface area contributed by atoms with Gasteiger partial charge in [0.15, 0.2) is 5.65 Å². The van der Waals surface area contributed by atoms with Crippen LogP contribution in [0, 0.1) is 0 Å². The van der Waals surface area contributed by atoms with Gasteiger partial charge in [-0.3, -0.25) is 0 Å². The van der Waals surface area contributed by atoms with E-state index in [1.807, 2.05) is 12.1 Å². The zero-order chi connectivity index (χ0) is 11.0. The lowest BCUT2D eigenvalue weighted by molar-refractivity contribution is 0.667. The molecule has 3 N–H and O–H groups in total. The van der Waals surface area contributed by atoms with Crippen LogP contribution in [0.25, 0.3) is 11.2 Å². The molecule has 0 radical (unpaired) electrons. The molecule has 1 aliphatic heterocycles. The smallest absolute Gasteiger partial charge is 0.205 e. The third kappa shape index (κ3) is 2.08. The molecule has 0 saturated carbocycles. The summed E-state index contributed by atoms with van der Waals surface area (Å²) in [6, 6.07) is 4.32. The number of aromatic amines is 1. The SMILES string of the molecule is Cl.NCC1CCCN1c1nc2ncccc2[nH]1. The quantitative estimate of drug-likeness (QED) is 0.847. The highest BCUT2D eigenvalue weighted by atomic mass is 35.5. The molecule has 5 nitrogen and oxygen atoms in total. The number of halogens is 1. The second kappa shape index (κ2) is 4.89. The molecule has 92 valence electrons. The summed E-state index contributed by atoms with van der Waals surface area (Å²) in [5.41, 5.74) is 7.52. The molecule has 6 heteroatoms. The van der Waals surface area contributed by atoms with Gasteiger partial charge in [0.05, 0.1) is 5.52 Å². The first-order valence-corrected chi connectivity index (χ1v) is 5.66. The molecule has 0 spiro atoms. The molecule has 3 heterocycles. The molecule has 17 heavy (non-hydrogen) atoms. The predicted octanol–water partition coefficient (Wildman–Crippen LogP) is 1.31. The molecule has 1 unspecified atom stereocenters. The standard InChI is InChI=1S/C11H15N5.ClH/c12-7-8-3-2-6-16(8)11-14-9-4-1-5-13-10(9)15-11;/h1,4-5,8H,2-3,6-7,12H2,(H,13,14,15);1H. The van der Waals surface area contributed by atoms with Gasteiger partial charge < -0.3 is 15.6 Å².